The van der Waals surface area contributed by atoms with Crippen molar-refractivity contribution in [2.75, 3.05) is 5.73 Å². The molecule has 3 rings (SSSR count). The van der Waals surface area contributed by atoms with E-state index in [9.17, 15) is 4.79 Å². The lowest BCUT2D eigenvalue weighted by molar-refractivity contribution is 0.0745. The Kier molecular flexibility index (Phi) is 2.74. The number of amides is 1. The maximum Gasteiger partial charge on any atom is 0.277 e. The minimum Gasteiger partial charge on any atom is -0.396 e. The number of hydrogen-bond acceptors (Lipinski definition) is 3. The second kappa shape index (κ2) is 4.42. The molecule has 5 heteroatoms. The third kappa shape index (κ3) is 1.97. The topological polar surface area (TPSA) is 64.2 Å². The molecule has 19 heavy (non-hydrogen) atoms. The molecule has 0 saturated heterocycles. The number of hydrogen-bond donors (Lipinski definition) is 1. The summed E-state index contributed by atoms with van der Waals surface area (Å²) in [6.45, 7) is 3.94. The number of nitrogens with two attached hydrogens (primary N) is 1. The van der Waals surface area contributed by atoms with Gasteiger partial charge in [-0.1, -0.05) is 24.3 Å². The summed E-state index contributed by atoms with van der Waals surface area (Å²) in [4.78, 5) is 14.2. The summed E-state index contributed by atoms with van der Waals surface area (Å²) in [6.07, 6.45) is 1.70. The van der Waals surface area contributed by atoms with Gasteiger partial charge in [0.25, 0.3) is 5.91 Å². The second-order valence-corrected chi connectivity index (χ2v) is 4.72. The van der Waals surface area contributed by atoms with E-state index in [4.69, 9.17) is 5.73 Å². The fourth-order valence-electron chi connectivity index (χ4n) is 2.39. The lowest BCUT2D eigenvalue weighted by atomic mass is 10.1. The highest BCUT2D eigenvalue weighted by atomic mass is 16.2. The van der Waals surface area contributed by atoms with Gasteiger partial charge in [-0.15, -0.1) is 0 Å². The highest BCUT2D eigenvalue weighted by Crippen LogP contribution is 2.24. The van der Waals surface area contributed by atoms with Crippen LogP contribution in [-0.2, 0) is 19.6 Å². The fourth-order valence-corrected chi connectivity index (χ4v) is 2.39. The van der Waals surface area contributed by atoms with Crippen molar-refractivity contribution in [3.63, 3.8) is 0 Å². The summed E-state index contributed by atoms with van der Waals surface area (Å²) in [5.41, 5.74) is 9.06. The molecule has 0 bridgehead atoms. The summed E-state index contributed by atoms with van der Waals surface area (Å²) in [5, 5.41) is 4.24. The Morgan fingerprint density at radius 3 is 2.47 bits per heavy atom. The minimum atomic E-state index is -0.0964. The van der Waals surface area contributed by atoms with Gasteiger partial charge in [-0.3, -0.25) is 9.48 Å². The Hall–Kier alpha value is -2.30. The molecule has 0 radical (unpaired) electrons. The Morgan fingerprint density at radius 1 is 1.32 bits per heavy atom. The minimum absolute atomic E-state index is 0.0964. The van der Waals surface area contributed by atoms with Crippen LogP contribution in [0, 0.1) is 0 Å². The van der Waals surface area contributed by atoms with E-state index in [0.717, 1.165) is 0 Å². The van der Waals surface area contributed by atoms with Gasteiger partial charge in [-0.2, -0.15) is 5.10 Å². The van der Waals surface area contributed by atoms with Gasteiger partial charge in [0.2, 0.25) is 0 Å². The zero-order valence-corrected chi connectivity index (χ0v) is 10.8. The maximum absolute atomic E-state index is 12.4. The lowest BCUT2D eigenvalue weighted by Crippen LogP contribution is -2.26. The summed E-state index contributed by atoms with van der Waals surface area (Å²) < 4.78 is 1.69. The van der Waals surface area contributed by atoms with E-state index in [1.165, 1.54) is 11.1 Å². The molecular formula is C14H16N4O. The third-order valence-corrected chi connectivity index (χ3v) is 3.44. The third-order valence-electron chi connectivity index (χ3n) is 3.44. The second-order valence-electron chi connectivity index (χ2n) is 4.72. The Bertz CT molecular complexity index is 607. The number of fused-ring (bicyclic) bond motifs is 1. The standard InChI is InChI=1S/C14H16N4O/c1-2-18-9-12(15)13(16-18)14(19)17-7-10-5-3-4-6-11(10)8-17/h3-6,9H,2,7-8,15H2,1H3. The molecule has 0 fully saturated rings. The van der Waals surface area contributed by atoms with Crippen LogP contribution in [0.4, 0.5) is 5.69 Å². The van der Waals surface area contributed by atoms with E-state index in [0.29, 0.717) is 31.0 Å². The molecule has 2 heterocycles. The van der Waals surface area contributed by atoms with E-state index < -0.39 is 0 Å². The molecule has 0 unspecified atom stereocenters. The molecule has 98 valence electrons. The molecule has 1 amide bonds. The number of aromatic nitrogens is 2. The average molecular weight is 256 g/mol. The van der Waals surface area contributed by atoms with Crippen LogP contribution in [0.5, 0.6) is 0 Å². The Labute approximate surface area is 111 Å². The van der Waals surface area contributed by atoms with Gasteiger partial charge in [0, 0.05) is 25.8 Å². The molecule has 2 N–H and O–H groups in total. The first-order chi connectivity index (χ1) is 9.19. The number of anilines is 1. The van der Waals surface area contributed by atoms with Crippen LogP contribution >= 0.6 is 0 Å². The predicted octanol–water partition coefficient (Wildman–Crippen LogP) is 1.64. The van der Waals surface area contributed by atoms with Crippen LogP contribution in [0.3, 0.4) is 0 Å². The fraction of sp³-hybridized carbons (Fsp3) is 0.286. The van der Waals surface area contributed by atoms with Crippen molar-refractivity contribution in [3.05, 3.63) is 47.3 Å². The van der Waals surface area contributed by atoms with Gasteiger partial charge in [0.15, 0.2) is 5.69 Å². The maximum atomic E-state index is 12.4. The molecular weight excluding hydrogens is 240 g/mol. The first-order valence-electron chi connectivity index (χ1n) is 6.38. The molecule has 1 aliphatic rings. The number of carbonyl (C=O) groups excluding carboxylic acids is 1. The van der Waals surface area contributed by atoms with Gasteiger partial charge in [-0.25, -0.2) is 0 Å². The SMILES string of the molecule is CCn1cc(N)c(C(=O)N2Cc3ccccc3C2)n1. The van der Waals surface area contributed by atoms with Crippen molar-refractivity contribution in [2.24, 2.45) is 0 Å². The van der Waals surface area contributed by atoms with Gasteiger partial charge >= 0.3 is 0 Å². The van der Waals surface area contributed by atoms with E-state index in [2.05, 4.69) is 17.2 Å². The molecule has 5 nitrogen and oxygen atoms in total. The number of carbonyl (C=O) groups is 1. The number of benzene rings is 1. The highest BCUT2D eigenvalue weighted by Gasteiger charge is 2.26. The molecule has 0 aliphatic carbocycles. The van der Waals surface area contributed by atoms with Crippen LogP contribution in [0.1, 0.15) is 28.5 Å². The summed E-state index contributed by atoms with van der Waals surface area (Å²) in [6, 6.07) is 8.09. The van der Waals surface area contributed by atoms with Crippen molar-refractivity contribution >= 4 is 11.6 Å². The summed E-state index contributed by atoms with van der Waals surface area (Å²) in [7, 11) is 0. The predicted molar refractivity (Wildman–Crippen MR) is 72.3 cm³/mol. The Balaban J connectivity index is 1.85. The molecule has 1 aromatic heterocycles. The number of aryl methyl sites for hydroxylation is 1. The van der Waals surface area contributed by atoms with E-state index in [-0.39, 0.29) is 5.91 Å². The zero-order valence-electron chi connectivity index (χ0n) is 10.8. The van der Waals surface area contributed by atoms with E-state index in [1.54, 1.807) is 15.8 Å². The van der Waals surface area contributed by atoms with E-state index >= 15 is 0 Å². The number of nitrogens with zero attached hydrogens (tertiary/aromatic N) is 3. The molecule has 0 atom stereocenters. The van der Waals surface area contributed by atoms with Crippen LogP contribution < -0.4 is 5.73 Å². The van der Waals surface area contributed by atoms with Crippen LogP contribution in [0.15, 0.2) is 30.5 Å². The van der Waals surface area contributed by atoms with E-state index in [1.807, 2.05) is 19.1 Å². The molecule has 0 saturated carbocycles. The van der Waals surface area contributed by atoms with Crippen LogP contribution in [-0.4, -0.2) is 20.6 Å². The average Bonchev–Trinajstić information content (AvgIpc) is 3.01. The molecule has 0 spiro atoms. The number of rotatable bonds is 2. The highest BCUT2D eigenvalue weighted by molar-refractivity contribution is 5.97. The molecule has 1 aromatic carbocycles. The Morgan fingerprint density at radius 2 is 1.95 bits per heavy atom. The van der Waals surface area contributed by atoms with Crippen molar-refractivity contribution in [1.82, 2.24) is 14.7 Å². The van der Waals surface area contributed by atoms with Gasteiger partial charge < -0.3 is 10.6 Å². The van der Waals surface area contributed by atoms with Crippen molar-refractivity contribution in [3.8, 4) is 0 Å². The normalized spacial score (nSPS) is 13.6. The summed E-state index contributed by atoms with van der Waals surface area (Å²) >= 11 is 0. The molecule has 2 aromatic rings. The van der Waals surface area contributed by atoms with Crippen molar-refractivity contribution in [2.45, 2.75) is 26.6 Å². The summed E-state index contributed by atoms with van der Waals surface area (Å²) in [5.74, 6) is -0.0964. The largest absolute Gasteiger partial charge is 0.396 e. The van der Waals surface area contributed by atoms with Gasteiger partial charge in [0.05, 0.1) is 5.69 Å². The van der Waals surface area contributed by atoms with Gasteiger partial charge in [0.1, 0.15) is 0 Å². The smallest absolute Gasteiger partial charge is 0.277 e. The first kappa shape index (κ1) is 11.8. The zero-order chi connectivity index (χ0) is 13.4. The quantitative estimate of drug-likeness (QED) is 0.888. The van der Waals surface area contributed by atoms with Crippen molar-refractivity contribution in [1.29, 1.82) is 0 Å². The number of nitrogen functional groups attached to an aromatic ring is 1. The van der Waals surface area contributed by atoms with Crippen LogP contribution in [0.25, 0.3) is 0 Å². The molecule has 1 aliphatic heterocycles. The van der Waals surface area contributed by atoms with Gasteiger partial charge in [-0.05, 0) is 18.1 Å². The van der Waals surface area contributed by atoms with Crippen LogP contribution in [0.2, 0.25) is 0 Å². The van der Waals surface area contributed by atoms with Crippen molar-refractivity contribution < 1.29 is 4.79 Å². The first-order valence-corrected chi connectivity index (χ1v) is 6.38. The lowest BCUT2D eigenvalue weighted by Gasteiger charge is -2.13. The monoisotopic (exact) mass is 256 g/mol.